The maximum Gasteiger partial charge on any atom is 0.251 e. The number of likely N-dealkylation sites (tertiary alicyclic amines) is 2. The van der Waals surface area contributed by atoms with Crippen molar-refractivity contribution in [2.45, 2.75) is 69.6 Å². The van der Waals surface area contributed by atoms with Gasteiger partial charge in [-0.05, 0) is 69.4 Å². The van der Waals surface area contributed by atoms with Crippen LogP contribution in [0.2, 0.25) is 0 Å². The van der Waals surface area contributed by atoms with Crippen LogP contribution in [0.3, 0.4) is 0 Å². The molecule has 0 amide bonds. The first-order valence-electron chi connectivity index (χ1n) is 12.9. The number of pyridine rings is 1. The van der Waals surface area contributed by atoms with Crippen molar-refractivity contribution >= 4 is 5.69 Å². The molecule has 3 saturated heterocycles. The molecule has 0 spiro atoms. The molecule has 4 heterocycles. The number of nitrogens with one attached hydrogen (secondary N) is 3. The average molecular weight is 481 g/mol. The fraction of sp³-hybridized carbons (Fsp3) is 0.800. The Bertz CT molecular complexity index is 819. The van der Waals surface area contributed by atoms with Gasteiger partial charge in [-0.2, -0.15) is 0 Å². The van der Waals surface area contributed by atoms with Crippen molar-refractivity contribution in [3.05, 3.63) is 24.0 Å². The molecule has 1 aliphatic carbocycles. The zero-order chi connectivity index (χ0) is 23.9. The summed E-state index contributed by atoms with van der Waals surface area (Å²) in [6, 6.07) is 4.99. The van der Waals surface area contributed by atoms with Crippen molar-refractivity contribution in [2.75, 3.05) is 44.7 Å². The highest BCUT2D eigenvalue weighted by atomic mass is 19.3. The molecule has 4 aliphatic rings. The van der Waals surface area contributed by atoms with E-state index in [-0.39, 0.29) is 19.3 Å². The van der Waals surface area contributed by atoms with Crippen LogP contribution in [0.15, 0.2) is 18.3 Å². The largest absolute Gasteiger partial charge is 0.378 e. The smallest absolute Gasteiger partial charge is 0.251 e. The Morgan fingerprint density at radius 2 is 2.06 bits per heavy atom. The van der Waals surface area contributed by atoms with E-state index < -0.39 is 12.0 Å². The van der Waals surface area contributed by atoms with Crippen LogP contribution in [-0.2, 0) is 5.54 Å². The maximum absolute atomic E-state index is 13.7. The molecule has 3 N–H and O–H groups in total. The van der Waals surface area contributed by atoms with Gasteiger partial charge in [0.1, 0.15) is 0 Å². The van der Waals surface area contributed by atoms with Gasteiger partial charge in [0, 0.05) is 38.3 Å². The number of halogens is 3. The number of aromatic nitrogens is 1. The highest BCUT2D eigenvalue weighted by Gasteiger charge is 2.56. The molecule has 34 heavy (non-hydrogen) atoms. The van der Waals surface area contributed by atoms with Crippen LogP contribution in [0, 0.1) is 17.8 Å². The van der Waals surface area contributed by atoms with Crippen molar-refractivity contribution in [1.82, 2.24) is 25.6 Å². The minimum atomic E-state index is -2.37. The van der Waals surface area contributed by atoms with E-state index >= 15 is 0 Å². The van der Waals surface area contributed by atoms with Gasteiger partial charge in [0.25, 0.3) is 6.43 Å². The number of piperidine rings is 1. The molecular weight excluding hydrogens is 441 g/mol. The Hall–Kier alpha value is -1.42. The number of hydrogen-bond acceptors (Lipinski definition) is 6. The summed E-state index contributed by atoms with van der Waals surface area (Å²) in [5.74, 6) is 1.32. The first kappa shape index (κ1) is 24.3. The minimum absolute atomic E-state index is 0.0736. The van der Waals surface area contributed by atoms with Crippen LogP contribution in [-0.4, -0.2) is 78.7 Å². The molecule has 9 heteroatoms. The van der Waals surface area contributed by atoms with Gasteiger partial charge in [-0.3, -0.25) is 30.0 Å². The van der Waals surface area contributed by atoms with Crippen molar-refractivity contribution in [3.8, 4) is 0 Å². The molecule has 1 aromatic heterocycles. The number of fused-ring (bicyclic) bond motifs is 3. The maximum atomic E-state index is 13.7. The topological polar surface area (TPSA) is 55.5 Å². The van der Waals surface area contributed by atoms with E-state index in [4.69, 9.17) is 4.98 Å². The monoisotopic (exact) mass is 480 g/mol. The standard InChI is InChI=1S/C25H39F3N6/c1-16-10-19-20-12-30-32-22(20)6-5-21(19)25(2,34(16)15-24(27)28)23-7-4-17(11-29-23)31-18-13-33(14-18)9-3-8-26/h4,7,11,16,18-22,24,30-32H,3,5-6,8-10,12-15H2,1-2H3/t16-,19?,20?,21?,22?,25+/m1/s1. The molecule has 1 aromatic rings. The third-order valence-electron chi connectivity index (χ3n) is 9.01. The highest BCUT2D eigenvalue weighted by Crippen LogP contribution is 2.54. The summed E-state index contributed by atoms with van der Waals surface area (Å²) in [5.41, 5.74) is 8.11. The number of alkyl halides is 3. The van der Waals surface area contributed by atoms with Gasteiger partial charge < -0.3 is 5.32 Å². The number of rotatable bonds is 8. The second-order valence-corrected chi connectivity index (χ2v) is 11.0. The van der Waals surface area contributed by atoms with E-state index in [0.717, 1.165) is 56.8 Å². The van der Waals surface area contributed by atoms with Gasteiger partial charge in [0.2, 0.25) is 0 Å². The molecule has 4 fully saturated rings. The Morgan fingerprint density at radius 3 is 2.76 bits per heavy atom. The SMILES string of the molecule is C[C@@H]1CC2C3CNNC3CCC2[C@@](C)(c2ccc(NC3CN(CCCF)C3)cn2)N1CC(F)F. The molecule has 0 bridgehead atoms. The molecule has 190 valence electrons. The normalized spacial score (nSPS) is 36.8. The van der Waals surface area contributed by atoms with Crippen molar-refractivity contribution in [1.29, 1.82) is 0 Å². The van der Waals surface area contributed by atoms with Crippen LogP contribution < -0.4 is 16.2 Å². The van der Waals surface area contributed by atoms with Gasteiger partial charge in [0.15, 0.2) is 0 Å². The predicted octanol–water partition coefficient (Wildman–Crippen LogP) is 3.23. The van der Waals surface area contributed by atoms with Crippen LogP contribution in [0.25, 0.3) is 0 Å². The van der Waals surface area contributed by atoms with Gasteiger partial charge in [-0.1, -0.05) is 0 Å². The zero-order valence-electron chi connectivity index (χ0n) is 20.3. The van der Waals surface area contributed by atoms with E-state index in [1.165, 1.54) is 0 Å². The molecule has 6 atom stereocenters. The third kappa shape index (κ3) is 4.45. The first-order chi connectivity index (χ1) is 16.4. The fourth-order valence-electron chi connectivity index (χ4n) is 7.39. The molecular formula is C25H39F3N6. The molecule has 1 saturated carbocycles. The Balaban J connectivity index is 1.35. The molecule has 4 unspecified atom stereocenters. The average Bonchev–Trinajstić information content (AvgIpc) is 3.28. The number of hydrazine groups is 1. The summed E-state index contributed by atoms with van der Waals surface area (Å²) in [6.07, 6.45) is 3.12. The molecule has 6 nitrogen and oxygen atoms in total. The van der Waals surface area contributed by atoms with Crippen molar-refractivity contribution < 1.29 is 13.2 Å². The van der Waals surface area contributed by atoms with Crippen molar-refractivity contribution in [3.63, 3.8) is 0 Å². The molecule has 0 radical (unpaired) electrons. The molecule has 5 rings (SSSR count). The third-order valence-corrected chi connectivity index (χ3v) is 9.01. The summed E-state index contributed by atoms with van der Waals surface area (Å²) < 4.78 is 39.8. The second-order valence-electron chi connectivity index (χ2n) is 11.0. The Labute approximate surface area is 201 Å². The van der Waals surface area contributed by atoms with Crippen LogP contribution in [0.4, 0.5) is 18.9 Å². The lowest BCUT2D eigenvalue weighted by atomic mass is 9.57. The highest BCUT2D eigenvalue weighted by molar-refractivity contribution is 5.44. The number of anilines is 1. The molecule has 3 aliphatic heterocycles. The van der Waals surface area contributed by atoms with E-state index in [2.05, 4.69) is 41.0 Å². The van der Waals surface area contributed by atoms with E-state index in [1.54, 1.807) is 0 Å². The van der Waals surface area contributed by atoms with Crippen LogP contribution in [0.5, 0.6) is 0 Å². The summed E-state index contributed by atoms with van der Waals surface area (Å²) in [4.78, 5) is 9.16. The number of nitrogens with zero attached hydrogens (tertiary/aromatic N) is 3. The van der Waals surface area contributed by atoms with Gasteiger partial charge in [-0.25, -0.2) is 8.78 Å². The number of hydrogen-bond donors (Lipinski definition) is 3. The zero-order valence-corrected chi connectivity index (χ0v) is 20.3. The molecule has 0 aromatic carbocycles. The van der Waals surface area contributed by atoms with Gasteiger partial charge in [-0.15, -0.1) is 0 Å². The summed E-state index contributed by atoms with van der Waals surface area (Å²) in [7, 11) is 0. The lowest BCUT2D eigenvalue weighted by Gasteiger charge is -2.59. The second kappa shape index (κ2) is 9.91. The van der Waals surface area contributed by atoms with Gasteiger partial charge in [0.05, 0.1) is 42.4 Å². The Morgan fingerprint density at radius 1 is 1.24 bits per heavy atom. The lowest BCUT2D eigenvalue weighted by molar-refractivity contribution is -0.117. The fourth-order valence-corrected chi connectivity index (χ4v) is 7.39. The first-order valence-corrected chi connectivity index (χ1v) is 12.9. The van der Waals surface area contributed by atoms with Gasteiger partial charge >= 0.3 is 0 Å². The lowest BCUT2D eigenvalue weighted by Crippen LogP contribution is -2.63. The van der Waals surface area contributed by atoms with E-state index in [9.17, 15) is 13.2 Å². The van der Waals surface area contributed by atoms with E-state index in [1.807, 2.05) is 17.2 Å². The Kier molecular flexibility index (Phi) is 7.08. The van der Waals surface area contributed by atoms with E-state index in [0.29, 0.717) is 36.3 Å². The van der Waals surface area contributed by atoms with Crippen molar-refractivity contribution in [2.24, 2.45) is 17.8 Å². The van der Waals surface area contributed by atoms with Crippen LogP contribution >= 0.6 is 0 Å². The quantitative estimate of drug-likeness (QED) is 0.531. The predicted molar refractivity (Wildman–Crippen MR) is 127 cm³/mol. The summed E-state index contributed by atoms with van der Waals surface area (Å²) in [6.45, 7) is 7.35. The summed E-state index contributed by atoms with van der Waals surface area (Å²) >= 11 is 0. The minimum Gasteiger partial charge on any atom is -0.378 e. The summed E-state index contributed by atoms with van der Waals surface area (Å²) in [5, 5.41) is 3.52. The van der Waals surface area contributed by atoms with Crippen LogP contribution in [0.1, 0.15) is 45.2 Å².